The van der Waals surface area contributed by atoms with Crippen LogP contribution in [0.25, 0.3) is 16.8 Å². The van der Waals surface area contributed by atoms with E-state index in [9.17, 15) is 4.39 Å². The van der Waals surface area contributed by atoms with Gasteiger partial charge in [-0.05, 0) is 30.7 Å². The summed E-state index contributed by atoms with van der Waals surface area (Å²) < 4.78 is 15.7. The molecule has 106 valence electrons. The highest BCUT2D eigenvalue weighted by Gasteiger charge is 2.11. The zero-order valence-corrected chi connectivity index (χ0v) is 11.5. The summed E-state index contributed by atoms with van der Waals surface area (Å²) in [5.74, 6) is -0.241. The normalized spacial score (nSPS) is 10.8. The maximum absolute atomic E-state index is 14.0. The molecule has 0 amide bonds. The van der Waals surface area contributed by atoms with Crippen molar-refractivity contribution in [2.24, 2.45) is 5.73 Å². The summed E-state index contributed by atoms with van der Waals surface area (Å²) >= 11 is 0. The second-order valence-electron chi connectivity index (χ2n) is 4.82. The van der Waals surface area contributed by atoms with Crippen LogP contribution in [0.5, 0.6) is 0 Å². The van der Waals surface area contributed by atoms with E-state index >= 15 is 0 Å². The Kier molecular flexibility index (Phi) is 3.79. The quantitative estimate of drug-likeness (QED) is 0.798. The zero-order chi connectivity index (χ0) is 14.7. The fraction of sp³-hybridized carbons (Fsp3) is 0.118. The third kappa shape index (κ3) is 2.71. The summed E-state index contributed by atoms with van der Waals surface area (Å²) in [6.45, 7) is 0.404. The van der Waals surface area contributed by atoms with Crippen molar-refractivity contribution in [3.05, 3.63) is 72.3 Å². The van der Waals surface area contributed by atoms with Gasteiger partial charge < -0.3 is 5.73 Å². The number of nitrogens with zero attached hydrogens (tertiary/aromatic N) is 2. The number of hydrogen-bond acceptors (Lipinski definition) is 2. The van der Waals surface area contributed by atoms with E-state index in [1.54, 1.807) is 16.9 Å². The van der Waals surface area contributed by atoms with E-state index in [1.807, 2.05) is 42.6 Å². The average Bonchev–Trinajstić information content (AvgIpc) is 3.00. The highest BCUT2D eigenvalue weighted by Crippen LogP contribution is 2.22. The van der Waals surface area contributed by atoms with Gasteiger partial charge in [-0.1, -0.05) is 36.4 Å². The molecular weight excluding hydrogens is 265 g/mol. The van der Waals surface area contributed by atoms with Gasteiger partial charge in [-0.15, -0.1) is 0 Å². The van der Waals surface area contributed by atoms with Crippen LogP contribution in [-0.4, -0.2) is 16.3 Å². The molecule has 0 saturated heterocycles. The van der Waals surface area contributed by atoms with Gasteiger partial charge in [0.05, 0.1) is 11.9 Å². The van der Waals surface area contributed by atoms with E-state index < -0.39 is 0 Å². The van der Waals surface area contributed by atoms with Crippen molar-refractivity contribution in [3.8, 4) is 16.8 Å². The molecule has 0 radical (unpaired) electrons. The van der Waals surface area contributed by atoms with Crippen molar-refractivity contribution in [1.82, 2.24) is 9.78 Å². The third-order valence-electron chi connectivity index (χ3n) is 3.43. The Morgan fingerprint density at radius 2 is 1.81 bits per heavy atom. The van der Waals surface area contributed by atoms with Gasteiger partial charge in [0.2, 0.25) is 0 Å². The van der Waals surface area contributed by atoms with E-state index in [0.717, 1.165) is 16.8 Å². The molecule has 1 heterocycles. The standard InChI is InChI=1S/C17H16FN3/c18-16-7-4-8-17(15(16)9-10-19)21-12-14(11-20-21)13-5-2-1-3-6-13/h1-8,11-12H,9-10,19H2. The van der Waals surface area contributed by atoms with E-state index in [2.05, 4.69) is 5.10 Å². The predicted octanol–water partition coefficient (Wildman–Crippen LogP) is 3.18. The first-order valence-corrected chi connectivity index (χ1v) is 6.87. The van der Waals surface area contributed by atoms with Crippen LogP contribution >= 0.6 is 0 Å². The first-order chi connectivity index (χ1) is 10.3. The topological polar surface area (TPSA) is 43.8 Å². The van der Waals surface area contributed by atoms with Gasteiger partial charge in [0.15, 0.2) is 0 Å². The van der Waals surface area contributed by atoms with Crippen LogP contribution in [0, 0.1) is 5.82 Å². The van der Waals surface area contributed by atoms with E-state index in [0.29, 0.717) is 18.5 Å². The number of rotatable bonds is 4. The molecule has 3 rings (SSSR count). The molecule has 0 bridgehead atoms. The Balaban J connectivity index is 2.03. The van der Waals surface area contributed by atoms with Crippen LogP contribution in [0.3, 0.4) is 0 Å². The molecule has 0 fully saturated rings. The third-order valence-corrected chi connectivity index (χ3v) is 3.43. The van der Waals surface area contributed by atoms with Crippen molar-refractivity contribution in [1.29, 1.82) is 0 Å². The van der Waals surface area contributed by atoms with Crippen molar-refractivity contribution < 1.29 is 4.39 Å². The number of nitrogens with two attached hydrogens (primary N) is 1. The van der Waals surface area contributed by atoms with Gasteiger partial charge in [-0.25, -0.2) is 9.07 Å². The van der Waals surface area contributed by atoms with Crippen molar-refractivity contribution >= 4 is 0 Å². The lowest BCUT2D eigenvalue weighted by Gasteiger charge is -2.09. The van der Waals surface area contributed by atoms with Crippen molar-refractivity contribution in [2.75, 3.05) is 6.54 Å². The lowest BCUT2D eigenvalue weighted by atomic mass is 10.1. The van der Waals surface area contributed by atoms with Gasteiger partial charge in [-0.3, -0.25) is 0 Å². The minimum atomic E-state index is -0.241. The van der Waals surface area contributed by atoms with Crippen LogP contribution in [0.2, 0.25) is 0 Å². The second kappa shape index (κ2) is 5.89. The van der Waals surface area contributed by atoms with Gasteiger partial charge >= 0.3 is 0 Å². The monoisotopic (exact) mass is 281 g/mol. The number of aromatic nitrogens is 2. The minimum absolute atomic E-state index is 0.241. The minimum Gasteiger partial charge on any atom is -0.330 e. The summed E-state index contributed by atoms with van der Waals surface area (Å²) in [4.78, 5) is 0. The molecule has 3 aromatic rings. The molecule has 0 spiro atoms. The van der Waals surface area contributed by atoms with Crippen molar-refractivity contribution in [3.63, 3.8) is 0 Å². The van der Waals surface area contributed by atoms with Gasteiger partial charge in [-0.2, -0.15) is 5.10 Å². The van der Waals surface area contributed by atoms with Crippen LogP contribution < -0.4 is 5.73 Å². The molecule has 0 aliphatic heterocycles. The second-order valence-corrected chi connectivity index (χ2v) is 4.82. The molecule has 2 N–H and O–H groups in total. The van der Waals surface area contributed by atoms with Crippen LogP contribution in [-0.2, 0) is 6.42 Å². The Hall–Kier alpha value is -2.46. The zero-order valence-electron chi connectivity index (χ0n) is 11.5. The van der Waals surface area contributed by atoms with Crippen LogP contribution in [0.1, 0.15) is 5.56 Å². The molecular formula is C17H16FN3. The maximum atomic E-state index is 14.0. The molecule has 0 atom stereocenters. The Morgan fingerprint density at radius 1 is 1.00 bits per heavy atom. The Morgan fingerprint density at radius 3 is 2.57 bits per heavy atom. The van der Waals surface area contributed by atoms with Gasteiger partial charge in [0.25, 0.3) is 0 Å². The fourth-order valence-electron chi connectivity index (χ4n) is 2.39. The number of halogens is 1. The maximum Gasteiger partial charge on any atom is 0.128 e. The van der Waals surface area contributed by atoms with E-state index in [4.69, 9.17) is 5.73 Å². The summed E-state index contributed by atoms with van der Waals surface area (Å²) in [6, 6.07) is 15.0. The SMILES string of the molecule is NCCc1c(F)cccc1-n1cc(-c2ccccc2)cn1. The van der Waals surface area contributed by atoms with E-state index in [-0.39, 0.29) is 5.82 Å². The summed E-state index contributed by atoms with van der Waals surface area (Å²) in [6.07, 6.45) is 4.18. The lowest BCUT2D eigenvalue weighted by Crippen LogP contribution is -2.09. The molecule has 0 aliphatic carbocycles. The Bertz CT molecular complexity index is 735. The van der Waals surface area contributed by atoms with Gasteiger partial charge in [0.1, 0.15) is 5.82 Å². The fourth-order valence-corrected chi connectivity index (χ4v) is 2.39. The molecule has 4 heteroatoms. The number of hydrogen-bond donors (Lipinski definition) is 1. The molecule has 2 aromatic carbocycles. The largest absolute Gasteiger partial charge is 0.330 e. The van der Waals surface area contributed by atoms with Crippen LogP contribution in [0.15, 0.2) is 60.9 Å². The smallest absolute Gasteiger partial charge is 0.128 e. The molecule has 3 nitrogen and oxygen atoms in total. The number of benzene rings is 2. The van der Waals surface area contributed by atoms with Gasteiger partial charge in [0, 0.05) is 17.3 Å². The molecule has 0 saturated carbocycles. The highest BCUT2D eigenvalue weighted by atomic mass is 19.1. The Labute approximate surface area is 122 Å². The average molecular weight is 281 g/mol. The molecule has 1 aromatic heterocycles. The summed E-state index contributed by atoms with van der Waals surface area (Å²) in [5.41, 5.74) is 9.00. The lowest BCUT2D eigenvalue weighted by molar-refractivity contribution is 0.606. The van der Waals surface area contributed by atoms with Crippen molar-refractivity contribution in [2.45, 2.75) is 6.42 Å². The predicted molar refractivity (Wildman–Crippen MR) is 81.7 cm³/mol. The molecule has 0 unspecified atom stereocenters. The molecule has 0 aliphatic rings. The van der Waals surface area contributed by atoms with E-state index in [1.165, 1.54) is 6.07 Å². The van der Waals surface area contributed by atoms with Crippen LogP contribution in [0.4, 0.5) is 4.39 Å². The first kappa shape index (κ1) is 13.5. The molecule has 21 heavy (non-hydrogen) atoms. The summed E-state index contributed by atoms with van der Waals surface area (Å²) in [7, 11) is 0. The highest BCUT2D eigenvalue weighted by molar-refractivity contribution is 5.62. The first-order valence-electron chi connectivity index (χ1n) is 6.87. The summed E-state index contributed by atoms with van der Waals surface area (Å²) in [5, 5.41) is 4.36.